The second-order valence-corrected chi connectivity index (χ2v) is 6.78. The first-order chi connectivity index (χ1) is 12.6. The quantitative estimate of drug-likeness (QED) is 0.410. The minimum atomic E-state index is 0.186. The highest BCUT2D eigenvalue weighted by molar-refractivity contribution is 6.42. The first-order valence-corrected chi connectivity index (χ1v) is 8.84. The molecular weight excluding hydrogens is 393 g/mol. The number of nitrogens with one attached hydrogen (secondary N) is 1. The van der Waals surface area contributed by atoms with Gasteiger partial charge in [-0.1, -0.05) is 29.3 Å². The highest BCUT2D eigenvalue weighted by Crippen LogP contribution is 2.40. The summed E-state index contributed by atoms with van der Waals surface area (Å²) in [5.74, 6) is 0.756. The summed E-state index contributed by atoms with van der Waals surface area (Å²) in [5, 5.41) is 2.15. The number of fused-ring (bicyclic) bond motifs is 1. The molecule has 4 rings (SSSR count). The van der Waals surface area contributed by atoms with Crippen molar-refractivity contribution in [3.05, 3.63) is 64.0 Å². The zero-order valence-corrected chi connectivity index (χ0v) is 15.8. The van der Waals surface area contributed by atoms with Crippen molar-refractivity contribution >= 4 is 45.7 Å². The highest BCUT2D eigenvalue weighted by atomic mass is 35.5. The molecule has 2 aromatic heterocycles. The fourth-order valence-corrected chi connectivity index (χ4v) is 3.36. The average Bonchev–Trinajstić information content (AvgIpc) is 3.02. The van der Waals surface area contributed by atoms with Crippen LogP contribution in [0.3, 0.4) is 0 Å². The number of nitrogens with zero attached hydrogens (tertiary/aromatic N) is 2. The number of benzene rings is 2. The second kappa shape index (κ2) is 6.80. The number of aromatic nitrogens is 3. The van der Waals surface area contributed by atoms with Gasteiger partial charge in [-0.05, 0) is 41.9 Å². The zero-order chi connectivity index (χ0) is 18.3. The molecule has 0 spiro atoms. The third-order valence-electron chi connectivity index (χ3n) is 4.10. The van der Waals surface area contributed by atoms with Crippen LogP contribution in [0.2, 0.25) is 15.3 Å². The number of hydrogen-bond acceptors (Lipinski definition) is 3. The lowest BCUT2D eigenvalue weighted by Gasteiger charge is -2.06. The number of rotatable bonds is 3. The Morgan fingerprint density at radius 3 is 2.54 bits per heavy atom. The summed E-state index contributed by atoms with van der Waals surface area (Å²) in [6, 6.07) is 13.1. The van der Waals surface area contributed by atoms with Crippen molar-refractivity contribution in [3.63, 3.8) is 0 Å². The molecule has 0 amide bonds. The third kappa shape index (κ3) is 3.01. The van der Waals surface area contributed by atoms with Gasteiger partial charge in [0.15, 0.2) is 0 Å². The predicted octanol–water partition coefficient (Wildman–Crippen LogP) is 6.26. The van der Waals surface area contributed by atoms with E-state index < -0.39 is 0 Å². The van der Waals surface area contributed by atoms with Gasteiger partial charge in [-0.25, -0.2) is 9.97 Å². The third-order valence-corrected chi connectivity index (χ3v) is 5.02. The fourth-order valence-electron chi connectivity index (χ4n) is 2.91. The van der Waals surface area contributed by atoms with Crippen LogP contribution in [-0.4, -0.2) is 22.1 Å². The molecule has 0 bridgehead atoms. The van der Waals surface area contributed by atoms with E-state index in [-0.39, 0.29) is 5.28 Å². The van der Waals surface area contributed by atoms with Crippen molar-refractivity contribution in [3.8, 4) is 28.3 Å². The van der Waals surface area contributed by atoms with Gasteiger partial charge < -0.3 is 9.72 Å². The van der Waals surface area contributed by atoms with E-state index in [1.54, 1.807) is 19.4 Å². The van der Waals surface area contributed by atoms with Crippen molar-refractivity contribution in [1.82, 2.24) is 15.0 Å². The Kier molecular flexibility index (Phi) is 4.49. The lowest BCUT2D eigenvalue weighted by molar-refractivity contribution is 0.415. The lowest BCUT2D eigenvalue weighted by Crippen LogP contribution is -1.89. The van der Waals surface area contributed by atoms with Crippen LogP contribution in [0, 0.1) is 0 Å². The van der Waals surface area contributed by atoms with Crippen LogP contribution < -0.4 is 4.74 Å². The first-order valence-electron chi connectivity index (χ1n) is 7.71. The summed E-state index contributed by atoms with van der Waals surface area (Å²) in [5.41, 5.74) is 4.28. The van der Waals surface area contributed by atoms with E-state index in [2.05, 4.69) is 15.0 Å². The Labute approximate surface area is 164 Å². The van der Waals surface area contributed by atoms with E-state index in [9.17, 15) is 0 Å². The maximum Gasteiger partial charge on any atom is 0.222 e. The number of methoxy groups -OCH3 is 1. The SMILES string of the molecule is COc1ccc2c(-c3ccnc(Cl)n3)c(-c3ccc(Cl)c(Cl)c3)[nH]c2c1. The fraction of sp³-hybridized carbons (Fsp3) is 0.0526. The number of H-pyrrole nitrogens is 1. The molecule has 2 heterocycles. The Morgan fingerprint density at radius 1 is 0.962 bits per heavy atom. The molecule has 26 heavy (non-hydrogen) atoms. The van der Waals surface area contributed by atoms with Gasteiger partial charge in [0.05, 0.1) is 34.1 Å². The minimum absolute atomic E-state index is 0.186. The Morgan fingerprint density at radius 2 is 1.81 bits per heavy atom. The van der Waals surface area contributed by atoms with Crippen molar-refractivity contribution in [2.45, 2.75) is 0 Å². The van der Waals surface area contributed by atoms with E-state index in [4.69, 9.17) is 39.5 Å². The maximum absolute atomic E-state index is 6.22. The summed E-state index contributed by atoms with van der Waals surface area (Å²) < 4.78 is 5.33. The molecule has 0 saturated carbocycles. The largest absolute Gasteiger partial charge is 0.497 e. The molecule has 0 radical (unpaired) electrons. The topological polar surface area (TPSA) is 50.8 Å². The van der Waals surface area contributed by atoms with Gasteiger partial charge in [-0.3, -0.25) is 0 Å². The molecule has 0 aliphatic rings. The van der Waals surface area contributed by atoms with E-state index in [1.807, 2.05) is 36.4 Å². The van der Waals surface area contributed by atoms with Crippen molar-refractivity contribution < 1.29 is 4.74 Å². The Hall–Kier alpha value is -2.27. The molecular formula is C19H12Cl3N3O. The standard InChI is InChI=1S/C19H12Cl3N3O/c1-26-11-3-4-12-16(9-11)24-18(10-2-5-13(20)14(21)8-10)17(12)15-6-7-23-19(22)25-15/h2-9,24H,1H3. The summed E-state index contributed by atoms with van der Waals surface area (Å²) in [7, 11) is 1.63. The highest BCUT2D eigenvalue weighted by Gasteiger charge is 2.18. The first kappa shape index (κ1) is 17.2. The number of hydrogen-bond donors (Lipinski definition) is 1. The van der Waals surface area contributed by atoms with Crippen LogP contribution in [0.1, 0.15) is 0 Å². The van der Waals surface area contributed by atoms with Crippen molar-refractivity contribution in [2.75, 3.05) is 7.11 Å². The van der Waals surface area contributed by atoms with Crippen LogP contribution >= 0.6 is 34.8 Å². The Balaban J connectivity index is 2.04. The van der Waals surface area contributed by atoms with E-state index >= 15 is 0 Å². The van der Waals surface area contributed by atoms with Gasteiger partial charge in [0.2, 0.25) is 5.28 Å². The molecule has 0 aliphatic carbocycles. The summed E-state index contributed by atoms with van der Waals surface area (Å²) in [6.07, 6.45) is 1.63. The van der Waals surface area contributed by atoms with Gasteiger partial charge in [0.1, 0.15) is 5.75 Å². The Bertz CT molecular complexity index is 1120. The molecule has 7 heteroatoms. The molecule has 1 N–H and O–H groups in total. The molecule has 4 aromatic rings. The average molecular weight is 405 g/mol. The zero-order valence-electron chi connectivity index (χ0n) is 13.6. The monoisotopic (exact) mass is 403 g/mol. The minimum Gasteiger partial charge on any atom is -0.497 e. The lowest BCUT2D eigenvalue weighted by atomic mass is 10.0. The molecule has 0 atom stereocenters. The smallest absolute Gasteiger partial charge is 0.222 e. The number of halogens is 3. The predicted molar refractivity (Wildman–Crippen MR) is 106 cm³/mol. The molecule has 130 valence electrons. The molecule has 0 saturated heterocycles. The van der Waals surface area contributed by atoms with Crippen LogP contribution in [0.15, 0.2) is 48.7 Å². The number of aromatic amines is 1. The van der Waals surface area contributed by atoms with Gasteiger partial charge in [0, 0.05) is 28.8 Å². The van der Waals surface area contributed by atoms with Gasteiger partial charge in [-0.15, -0.1) is 0 Å². The summed E-state index contributed by atoms with van der Waals surface area (Å²) in [6.45, 7) is 0. The molecule has 4 nitrogen and oxygen atoms in total. The summed E-state index contributed by atoms with van der Waals surface area (Å²) >= 11 is 18.3. The van der Waals surface area contributed by atoms with Gasteiger partial charge >= 0.3 is 0 Å². The molecule has 0 unspecified atom stereocenters. The maximum atomic E-state index is 6.22. The molecule has 2 aromatic carbocycles. The van der Waals surface area contributed by atoms with Gasteiger partial charge in [0.25, 0.3) is 0 Å². The van der Waals surface area contributed by atoms with Crippen molar-refractivity contribution in [2.24, 2.45) is 0 Å². The van der Waals surface area contributed by atoms with Crippen LogP contribution in [0.25, 0.3) is 33.4 Å². The van der Waals surface area contributed by atoms with E-state index in [1.165, 1.54) is 0 Å². The molecule has 0 fully saturated rings. The van der Waals surface area contributed by atoms with Crippen LogP contribution in [-0.2, 0) is 0 Å². The second-order valence-electron chi connectivity index (χ2n) is 5.63. The summed E-state index contributed by atoms with van der Waals surface area (Å²) in [4.78, 5) is 11.8. The van der Waals surface area contributed by atoms with Gasteiger partial charge in [-0.2, -0.15) is 0 Å². The molecule has 0 aliphatic heterocycles. The normalized spacial score (nSPS) is 11.1. The van der Waals surface area contributed by atoms with Crippen LogP contribution in [0.5, 0.6) is 5.75 Å². The number of ether oxygens (including phenoxy) is 1. The van der Waals surface area contributed by atoms with Crippen LogP contribution in [0.4, 0.5) is 0 Å². The van der Waals surface area contributed by atoms with E-state index in [0.717, 1.165) is 33.5 Å². The van der Waals surface area contributed by atoms with E-state index in [0.29, 0.717) is 15.7 Å². The van der Waals surface area contributed by atoms with Crippen molar-refractivity contribution in [1.29, 1.82) is 0 Å².